The highest BCUT2D eigenvalue weighted by molar-refractivity contribution is 6.06. The van der Waals surface area contributed by atoms with Gasteiger partial charge in [-0.15, -0.1) is 0 Å². The number of aromatic nitrogens is 2. The van der Waals surface area contributed by atoms with E-state index in [9.17, 15) is 4.79 Å². The van der Waals surface area contributed by atoms with Crippen LogP contribution in [0.1, 0.15) is 21.7 Å². The van der Waals surface area contributed by atoms with Gasteiger partial charge in [0.05, 0.1) is 0 Å². The predicted octanol–water partition coefficient (Wildman–Crippen LogP) is 3.90. The lowest BCUT2D eigenvalue weighted by atomic mass is 10.1. The zero-order valence-corrected chi connectivity index (χ0v) is 13.4. The number of hydrogen-bond acceptors (Lipinski definition) is 3. The van der Waals surface area contributed by atoms with Crippen molar-refractivity contribution >= 4 is 11.9 Å². The molecule has 0 unspecified atom stereocenters. The quantitative estimate of drug-likeness (QED) is 0.511. The second-order valence-electron chi connectivity index (χ2n) is 5.38. The molecule has 120 valence electrons. The Hall–Kier alpha value is -3.14. The first-order chi connectivity index (χ1) is 11.7. The smallest absolute Gasteiger partial charge is 0.185 e. The van der Waals surface area contributed by atoms with Gasteiger partial charge in [-0.2, -0.15) is 0 Å². The van der Waals surface area contributed by atoms with Crippen molar-refractivity contribution < 1.29 is 9.53 Å². The Morgan fingerprint density at radius 2 is 1.88 bits per heavy atom. The lowest BCUT2D eigenvalue weighted by molar-refractivity contribution is 0.104. The standard InChI is InChI=1S/C20H18N2O2/c1-22-14-13-21-20(22)15-24-18-10-8-17(9-11-18)19(23)12-7-16-5-3-2-4-6-16/h2-14H,15H2,1H3/b12-7+. The minimum absolute atomic E-state index is 0.0329. The molecule has 4 heteroatoms. The maximum atomic E-state index is 12.2. The van der Waals surface area contributed by atoms with Crippen molar-refractivity contribution in [1.82, 2.24) is 9.55 Å². The van der Waals surface area contributed by atoms with Crippen LogP contribution >= 0.6 is 0 Å². The molecule has 0 fully saturated rings. The summed E-state index contributed by atoms with van der Waals surface area (Å²) < 4.78 is 7.59. The second-order valence-corrected chi connectivity index (χ2v) is 5.38. The normalized spacial score (nSPS) is 10.9. The summed E-state index contributed by atoms with van der Waals surface area (Å²) in [4.78, 5) is 16.4. The van der Waals surface area contributed by atoms with Gasteiger partial charge in [-0.05, 0) is 35.9 Å². The molecule has 24 heavy (non-hydrogen) atoms. The van der Waals surface area contributed by atoms with Crippen LogP contribution in [0.15, 0.2) is 73.1 Å². The molecule has 0 radical (unpaired) electrons. The molecule has 3 aromatic rings. The molecule has 0 saturated carbocycles. The molecule has 0 spiro atoms. The zero-order valence-electron chi connectivity index (χ0n) is 13.4. The highest BCUT2D eigenvalue weighted by Gasteiger charge is 2.04. The molecule has 4 nitrogen and oxygen atoms in total. The Balaban J connectivity index is 1.60. The van der Waals surface area contributed by atoms with Crippen LogP contribution in [-0.2, 0) is 13.7 Å². The number of rotatable bonds is 6. The van der Waals surface area contributed by atoms with Gasteiger partial charge in [0, 0.05) is 25.0 Å². The Bertz CT molecular complexity index is 834. The van der Waals surface area contributed by atoms with E-state index in [1.165, 1.54) is 0 Å². The highest BCUT2D eigenvalue weighted by Crippen LogP contribution is 2.15. The van der Waals surface area contributed by atoms with E-state index in [1.807, 2.05) is 54.2 Å². The Morgan fingerprint density at radius 3 is 2.54 bits per heavy atom. The van der Waals surface area contributed by atoms with Crippen LogP contribution in [0.4, 0.5) is 0 Å². The number of ether oxygens (including phenoxy) is 1. The summed E-state index contributed by atoms with van der Waals surface area (Å²) in [5.41, 5.74) is 1.63. The zero-order chi connectivity index (χ0) is 16.8. The molecule has 1 heterocycles. The minimum atomic E-state index is -0.0329. The van der Waals surface area contributed by atoms with Crippen LogP contribution in [0.3, 0.4) is 0 Å². The van der Waals surface area contributed by atoms with Gasteiger partial charge in [0.2, 0.25) is 0 Å². The molecule has 0 aliphatic carbocycles. The van der Waals surface area contributed by atoms with Gasteiger partial charge in [0.1, 0.15) is 18.2 Å². The predicted molar refractivity (Wildman–Crippen MR) is 93.8 cm³/mol. The van der Waals surface area contributed by atoms with Gasteiger partial charge in [0.15, 0.2) is 5.78 Å². The average Bonchev–Trinajstić information content (AvgIpc) is 3.04. The number of nitrogens with zero attached hydrogens (tertiary/aromatic N) is 2. The Morgan fingerprint density at radius 1 is 1.12 bits per heavy atom. The first kappa shape index (κ1) is 15.7. The lowest BCUT2D eigenvalue weighted by Gasteiger charge is -2.06. The van der Waals surface area contributed by atoms with E-state index in [0.717, 1.165) is 11.4 Å². The summed E-state index contributed by atoms with van der Waals surface area (Å²) >= 11 is 0. The molecule has 0 amide bonds. The molecular formula is C20H18N2O2. The van der Waals surface area contributed by atoms with Crippen LogP contribution in [0.2, 0.25) is 0 Å². The van der Waals surface area contributed by atoms with Crippen molar-refractivity contribution in [3.8, 4) is 5.75 Å². The van der Waals surface area contributed by atoms with Crippen LogP contribution in [0.5, 0.6) is 5.75 Å². The van der Waals surface area contributed by atoms with Crippen molar-refractivity contribution in [3.05, 3.63) is 90.0 Å². The molecule has 0 atom stereocenters. The van der Waals surface area contributed by atoms with E-state index in [-0.39, 0.29) is 5.78 Å². The molecule has 0 bridgehead atoms. The van der Waals surface area contributed by atoms with E-state index in [4.69, 9.17) is 4.74 Å². The number of benzene rings is 2. The number of aryl methyl sites for hydroxylation is 1. The van der Waals surface area contributed by atoms with Crippen molar-refractivity contribution in [3.63, 3.8) is 0 Å². The monoisotopic (exact) mass is 318 g/mol. The molecular weight excluding hydrogens is 300 g/mol. The van der Waals surface area contributed by atoms with Crippen LogP contribution in [0.25, 0.3) is 6.08 Å². The fourth-order valence-corrected chi connectivity index (χ4v) is 2.23. The summed E-state index contributed by atoms with van der Waals surface area (Å²) in [6.45, 7) is 0.394. The van der Waals surface area contributed by atoms with E-state index in [0.29, 0.717) is 17.9 Å². The van der Waals surface area contributed by atoms with Crippen molar-refractivity contribution in [2.75, 3.05) is 0 Å². The number of carbonyl (C=O) groups is 1. The second kappa shape index (κ2) is 7.42. The van der Waals surface area contributed by atoms with Crippen LogP contribution in [0, 0.1) is 0 Å². The maximum absolute atomic E-state index is 12.2. The minimum Gasteiger partial charge on any atom is -0.486 e. The van der Waals surface area contributed by atoms with Crippen molar-refractivity contribution in [2.45, 2.75) is 6.61 Å². The Labute approximate surface area is 141 Å². The molecule has 1 aromatic heterocycles. The largest absolute Gasteiger partial charge is 0.486 e. The van der Waals surface area contributed by atoms with Crippen molar-refractivity contribution in [1.29, 1.82) is 0 Å². The summed E-state index contributed by atoms with van der Waals surface area (Å²) in [6.07, 6.45) is 7.01. The van der Waals surface area contributed by atoms with Gasteiger partial charge in [0.25, 0.3) is 0 Å². The van der Waals surface area contributed by atoms with Crippen LogP contribution in [-0.4, -0.2) is 15.3 Å². The third-order valence-electron chi connectivity index (χ3n) is 3.65. The molecule has 3 rings (SSSR count). The van der Waals surface area contributed by atoms with Crippen LogP contribution < -0.4 is 4.74 Å². The first-order valence-electron chi connectivity index (χ1n) is 7.69. The van der Waals surface area contributed by atoms with E-state index in [1.54, 1.807) is 36.5 Å². The van der Waals surface area contributed by atoms with E-state index >= 15 is 0 Å². The number of imidazole rings is 1. The van der Waals surface area contributed by atoms with Crippen molar-refractivity contribution in [2.24, 2.45) is 7.05 Å². The third kappa shape index (κ3) is 3.98. The summed E-state index contributed by atoms with van der Waals surface area (Å²) in [6, 6.07) is 16.9. The molecule has 0 saturated heterocycles. The van der Waals surface area contributed by atoms with Gasteiger partial charge in [-0.3, -0.25) is 4.79 Å². The van der Waals surface area contributed by atoms with E-state index in [2.05, 4.69) is 4.98 Å². The summed E-state index contributed by atoms with van der Waals surface area (Å²) in [5.74, 6) is 1.53. The molecule has 2 aromatic carbocycles. The van der Waals surface area contributed by atoms with Gasteiger partial charge in [-0.25, -0.2) is 4.98 Å². The topological polar surface area (TPSA) is 44.1 Å². The third-order valence-corrected chi connectivity index (χ3v) is 3.65. The average molecular weight is 318 g/mol. The van der Waals surface area contributed by atoms with Gasteiger partial charge in [-0.1, -0.05) is 36.4 Å². The highest BCUT2D eigenvalue weighted by atomic mass is 16.5. The molecule has 0 aliphatic heterocycles. The molecule has 0 N–H and O–H groups in total. The lowest BCUT2D eigenvalue weighted by Crippen LogP contribution is -2.03. The van der Waals surface area contributed by atoms with Gasteiger partial charge >= 0.3 is 0 Å². The number of hydrogen-bond donors (Lipinski definition) is 0. The van der Waals surface area contributed by atoms with Gasteiger partial charge < -0.3 is 9.30 Å². The number of carbonyl (C=O) groups excluding carboxylic acids is 1. The SMILES string of the molecule is Cn1ccnc1COc1ccc(C(=O)/C=C/c2ccccc2)cc1. The summed E-state index contributed by atoms with van der Waals surface area (Å²) in [5, 5.41) is 0. The maximum Gasteiger partial charge on any atom is 0.185 e. The fourth-order valence-electron chi connectivity index (χ4n) is 2.23. The first-order valence-corrected chi connectivity index (χ1v) is 7.69. The number of allylic oxidation sites excluding steroid dienone is 1. The number of ketones is 1. The molecule has 0 aliphatic rings. The fraction of sp³-hybridized carbons (Fsp3) is 0.100. The van der Waals surface area contributed by atoms with E-state index < -0.39 is 0 Å². The Kier molecular flexibility index (Phi) is 4.87. The summed E-state index contributed by atoms with van der Waals surface area (Å²) in [7, 11) is 1.92.